The van der Waals surface area contributed by atoms with Crippen molar-refractivity contribution >= 4 is 56.9 Å². The molecule has 2 fully saturated rings. The average Bonchev–Trinajstić information content (AvgIpc) is 3.17. The number of rotatable bonds is 8. The van der Waals surface area contributed by atoms with Gasteiger partial charge in [0.1, 0.15) is 0 Å². The first-order chi connectivity index (χ1) is 16.4. The number of carbonyl (C=O) groups is 3. The molecule has 10 nitrogen and oxygen atoms in total. The third kappa shape index (κ3) is 7.32. The van der Waals surface area contributed by atoms with Crippen molar-refractivity contribution in [1.82, 2.24) is 10.6 Å². The number of hydrogen-bond donors (Lipinski definition) is 2. The Balaban J connectivity index is 1.61. The van der Waals surface area contributed by atoms with Crippen molar-refractivity contribution in [2.24, 2.45) is 10.2 Å². The van der Waals surface area contributed by atoms with E-state index in [0.717, 1.165) is 43.5 Å². The smallest absolute Gasteiger partial charge is 0.331 e. The summed E-state index contributed by atoms with van der Waals surface area (Å²) in [6, 6.07) is 3.59. The molecule has 0 radical (unpaired) electrons. The Morgan fingerprint density at radius 3 is 2.71 bits per heavy atom. The molecule has 0 aromatic heterocycles. The van der Waals surface area contributed by atoms with E-state index in [9.17, 15) is 14.4 Å². The van der Waals surface area contributed by atoms with Crippen molar-refractivity contribution in [1.29, 1.82) is 0 Å². The lowest BCUT2D eigenvalue weighted by Gasteiger charge is -2.22. The van der Waals surface area contributed by atoms with E-state index in [1.807, 2.05) is 0 Å². The van der Waals surface area contributed by atoms with E-state index >= 15 is 0 Å². The number of benzene rings is 1. The lowest BCUT2D eigenvalue weighted by molar-refractivity contribution is -0.135. The van der Waals surface area contributed by atoms with Crippen LogP contribution in [0.5, 0.6) is 11.5 Å². The number of methoxy groups -OCH3 is 2. The van der Waals surface area contributed by atoms with Crippen LogP contribution >= 0.6 is 27.7 Å². The molecule has 0 bridgehead atoms. The second kappa shape index (κ2) is 12.6. The molecular weight excluding hydrogens is 528 g/mol. The quantitative estimate of drug-likeness (QED) is 0.219. The van der Waals surface area contributed by atoms with Gasteiger partial charge < -0.3 is 19.5 Å². The first-order valence-corrected chi connectivity index (χ1v) is 12.2. The van der Waals surface area contributed by atoms with Crippen LogP contribution < -0.4 is 20.1 Å². The third-order valence-corrected chi connectivity index (χ3v) is 6.65. The van der Waals surface area contributed by atoms with E-state index in [0.29, 0.717) is 21.5 Å². The lowest BCUT2D eigenvalue weighted by Crippen LogP contribution is -2.39. The molecule has 2 aliphatic rings. The van der Waals surface area contributed by atoms with E-state index < -0.39 is 11.9 Å². The highest BCUT2D eigenvalue weighted by atomic mass is 79.9. The Hall–Kier alpha value is -2.86. The van der Waals surface area contributed by atoms with Crippen LogP contribution in [-0.4, -0.2) is 56.0 Å². The predicted molar refractivity (Wildman–Crippen MR) is 132 cm³/mol. The molecule has 2 N–H and O–H groups in total. The average molecular weight is 553 g/mol. The number of carbonyl (C=O) groups excluding carboxylic acids is 3. The van der Waals surface area contributed by atoms with Crippen LogP contribution in [0.15, 0.2) is 37.8 Å². The van der Waals surface area contributed by atoms with Gasteiger partial charge in [0.25, 0.3) is 11.8 Å². The van der Waals surface area contributed by atoms with E-state index in [-0.39, 0.29) is 28.6 Å². The second-order valence-electron chi connectivity index (χ2n) is 7.45. The zero-order chi connectivity index (χ0) is 24.5. The van der Waals surface area contributed by atoms with Gasteiger partial charge in [0, 0.05) is 22.2 Å². The van der Waals surface area contributed by atoms with Gasteiger partial charge >= 0.3 is 5.97 Å². The van der Waals surface area contributed by atoms with Gasteiger partial charge in [0.05, 0.1) is 25.3 Å². The SMILES string of the molecule is COC(=O)/C=C1/S/C(=N\N=Cc2cc(OC)c(OCC(=O)NC3CCCCC3)cc2Br)NC1=O. The number of nitrogens with zero attached hydrogens (tertiary/aromatic N) is 2. The highest BCUT2D eigenvalue weighted by Gasteiger charge is 2.25. The fourth-order valence-electron chi connectivity index (χ4n) is 3.37. The summed E-state index contributed by atoms with van der Waals surface area (Å²) in [6.07, 6.45) is 8.05. The summed E-state index contributed by atoms with van der Waals surface area (Å²) in [5.74, 6) is -0.417. The van der Waals surface area contributed by atoms with Gasteiger partial charge in [-0.1, -0.05) is 19.3 Å². The molecule has 0 atom stereocenters. The fraction of sp³-hybridized carbons (Fsp3) is 0.409. The largest absolute Gasteiger partial charge is 0.493 e. The number of thioether (sulfide) groups is 1. The maximum Gasteiger partial charge on any atom is 0.331 e. The van der Waals surface area contributed by atoms with E-state index in [4.69, 9.17) is 9.47 Å². The number of halogens is 1. The number of amides is 2. The molecule has 3 rings (SSSR count). The van der Waals surface area contributed by atoms with Gasteiger partial charge in [-0.05, 0) is 52.7 Å². The molecule has 34 heavy (non-hydrogen) atoms. The highest BCUT2D eigenvalue weighted by Crippen LogP contribution is 2.33. The first kappa shape index (κ1) is 25.8. The van der Waals surface area contributed by atoms with E-state index in [2.05, 4.69) is 41.5 Å². The van der Waals surface area contributed by atoms with Crippen LogP contribution in [0.2, 0.25) is 0 Å². The first-order valence-electron chi connectivity index (χ1n) is 10.6. The molecule has 1 heterocycles. The molecule has 1 saturated carbocycles. The van der Waals surface area contributed by atoms with E-state index in [1.54, 1.807) is 12.1 Å². The molecule has 1 aliphatic heterocycles. The Morgan fingerprint density at radius 2 is 2.00 bits per heavy atom. The number of ether oxygens (including phenoxy) is 3. The minimum atomic E-state index is -0.632. The molecule has 1 aromatic carbocycles. The summed E-state index contributed by atoms with van der Waals surface area (Å²) in [5.41, 5.74) is 0.639. The van der Waals surface area contributed by atoms with Crippen LogP contribution in [0, 0.1) is 0 Å². The number of esters is 1. The van der Waals surface area contributed by atoms with Crippen LogP contribution in [0.4, 0.5) is 0 Å². The summed E-state index contributed by atoms with van der Waals surface area (Å²) >= 11 is 4.43. The molecule has 0 unspecified atom stereocenters. The standard InChI is InChI=1S/C22H25BrN4O6S/c1-31-16-8-13(11-24-27-22-26-21(30)18(34-22)10-20(29)32-2)15(23)9-17(16)33-12-19(28)25-14-6-4-3-5-7-14/h8-11,14H,3-7,12H2,1-2H3,(H,25,28)(H,26,27,30)/b18-10+,24-11?. The zero-order valence-corrected chi connectivity index (χ0v) is 21.2. The van der Waals surface area contributed by atoms with Gasteiger partial charge in [-0.3, -0.25) is 14.9 Å². The number of nitrogens with one attached hydrogen (secondary N) is 2. The maximum absolute atomic E-state index is 12.2. The minimum absolute atomic E-state index is 0.112. The molecule has 1 aromatic rings. The van der Waals surface area contributed by atoms with Gasteiger partial charge in [-0.15, -0.1) is 5.10 Å². The van der Waals surface area contributed by atoms with Crippen molar-refractivity contribution in [2.45, 2.75) is 38.1 Å². The molecule has 2 amide bonds. The van der Waals surface area contributed by atoms with Crippen molar-refractivity contribution in [3.63, 3.8) is 0 Å². The molecule has 0 spiro atoms. The number of amidine groups is 1. The monoisotopic (exact) mass is 552 g/mol. The van der Waals surface area contributed by atoms with Crippen LogP contribution in [0.1, 0.15) is 37.7 Å². The Bertz CT molecular complexity index is 1040. The maximum atomic E-state index is 12.2. The summed E-state index contributed by atoms with van der Waals surface area (Å²) in [5, 5.41) is 13.7. The van der Waals surface area contributed by atoms with E-state index in [1.165, 1.54) is 26.9 Å². The topological polar surface area (TPSA) is 128 Å². The lowest BCUT2D eigenvalue weighted by atomic mass is 9.95. The van der Waals surface area contributed by atoms with Gasteiger partial charge in [-0.25, -0.2) is 4.79 Å². The Morgan fingerprint density at radius 1 is 1.24 bits per heavy atom. The van der Waals surface area contributed by atoms with Crippen LogP contribution in [-0.2, 0) is 19.1 Å². The highest BCUT2D eigenvalue weighted by molar-refractivity contribution is 9.10. The van der Waals surface area contributed by atoms with Crippen LogP contribution in [0.25, 0.3) is 0 Å². The zero-order valence-electron chi connectivity index (χ0n) is 18.8. The summed E-state index contributed by atoms with van der Waals surface area (Å²) in [6.45, 7) is -0.112. The predicted octanol–water partition coefficient (Wildman–Crippen LogP) is 2.90. The molecule has 1 saturated heterocycles. The summed E-state index contributed by atoms with van der Waals surface area (Å²) in [4.78, 5) is 35.6. The van der Waals surface area contributed by atoms with Crippen molar-refractivity contribution in [3.05, 3.63) is 33.2 Å². The van der Waals surface area contributed by atoms with Crippen LogP contribution in [0.3, 0.4) is 0 Å². The summed E-state index contributed by atoms with van der Waals surface area (Å²) in [7, 11) is 2.73. The molecule has 182 valence electrons. The minimum Gasteiger partial charge on any atom is -0.493 e. The molecule has 12 heteroatoms. The summed E-state index contributed by atoms with van der Waals surface area (Å²) < 4.78 is 16.2. The molecular formula is C22H25BrN4O6S. The Kier molecular flexibility index (Phi) is 9.52. The number of hydrogen-bond acceptors (Lipinski definition) is 9. The van der Waals surface area contributed by atoms with Crippen molar-refractivity contribution in [3.8, 4) is 11.5 Å². The fourth-order valence-corrected chi connectivity index (χ4v) is 4.53. The second-order valence-corrected chi connectivity index (χ2v) is 9.34. The third-order valence-electron chi connectivity index (χ3n) is 5.06. The van der Waals surface area contributed by atoms with Gasteiger partial charge in [0.2, 0.25) is 0 Å². The molecule has 1 aliphatic carbocycles. The van der Waals surface area contributed by atoms with Gasteiger partial charge in [-0.2, -0.15) is 5.10 Å². The van der Waals surface area contributed by atoms with Crippen molar-refractivity contribution in [2.75, 3.05) is 20.8 Å². The Labute approximate surface area is 209 Å². The normalized spacial score (nSPS) is 18.9. The van der Waals surface area contributed by atoms with Crippen molar-refractivity contribution < 1.29 is 28.6 Å². The van der Waals surface area contributed by atoms with Gasteiger partial charge in [0.15, 0.2) is 23.3 Å².